The van der Waals surface area contributed by atoms with Crippen LogP contribution >= 0.6 is 0 Å². The molecule has 0 fully saturated rings. The molecular weight excluding hydrogens is 138 g/mol. The maximum Gasteiger partial charge on any atom is 0.503 e. The van der Waals surface area contributed by atoms with Crippen LogP contribution in [-0.2, 0) is 0 Å². The summed E-state index contributed by atoms with van der Waals surface area (Å²) in [4.78, 5) is 8.56. The second-order valence-electron chi connectivity index (χ2n) is 2.64. The molecule has 0 radical (unpaired) electrons. The van der Waals surface area contributed by atoms with Crippen LogP contribution in [0.1, 0.15) is 20.8 Å². The Morgan fingerprint density at radius 2 is 1.40 bits per heavy atom. The molecule has 10 heavy (non-hydrogen) atoms. The standard InChI is InChI=1S/C4H11NO.CH2O3/c1-4(2,3)5-6;2-1(3)4/h5-6H,1-3H3;(H2,2,3,4). The fourth-order valence-corrected chi connectivity index (χ4v) is 0. The van der Waals surface area contributed by atoms with Gasteiger partial charge >= 0.3 is 6.16 Å². The van der Waals surface area contributed by atoms with E-state index in [0.717, 1.165) is 0 Å². The van der Waals surface area contributed by atoms with Gasteiger partial charge in [-0.2, -0.15) is 0 Å². The molecule has 0 aromatic heterocycles. The molecule has 0 unspecified atom stereocenters. The van der Waals surface area contributed by atoms with E-state index in [1.165, 1.54) is 0 Å². The molecule has 0 aromatic rings. The van der Waals surface area contributed by atoms with Crippen molar-refractivity contribution in [1.29, 1.82) is 0 Å². The number of carboxylic acid groups (broad SMARTS) is 2. The van der Waals surface area contributed by atoms with Gasteiger partial charge in [0.25, 0.3) is 0 Å². The van der Waals surface area contributed by atoms with Crippen LogP contribution in [0, 0.1) is 0 Å². The molecule has 0 rings (SSSR count). The molecule has 0 bridgehead atoms. The number of hydrogen-bond acceptors (Lipinski definition) is 3. The predicted molar refractivity (Wildman–Crippen MR) is 35.3 cm³/mol. The summed E-state index contributed by atoms with van der Waals surface area (Å²) in [5.41, 5.74) is 1.95. The van der Waals surface area contributed by atoms with Crippen LogP contribution in [0.2, 0.25) is 0 Å². The first-order valence-corrected chi connectivity index (χ1v) is 2.62. The highest BCUT2D eigenvalue weighted by molar-refractivity contribution is 5.53. The molecule has 0 aromatic carbocycles. The lowest BCUT2D eigenvalue weighted by Gasteiger charge is -2.13. The fourth-order valence-electron chi connectivity index (χ4n) is 0. The van der Waals surface area contributed by atoms with Crippen molar-refractivity contribution in [2.24, 2.45) is 0 Å². The summed E-state index contributed by atoms with van der Waals surface area (Å²) in [6.45, 7) is 5.65. The van der Waals surface area contributed by atoms with Crippen LogP contribution in [-0.4, -0.2) is 27.1 Å². The van der Waals surface area contributed by atoms with E-state index in [2.05, 4.69) is 5.48 Å². The first kappa shape index (κ1) is 11.9. The Kier molecular flexibility index (Phi) is 5.98. The molecule has 0 heterocycles. The molecule has 0 aliphatic heterocycles. The molecule has 0 atom stereocenters. The molecule has 5 nitrogen and oxygen atoms in total. The monoisotopic (exact) mass is 151 g/mol. The highest BCUT2D eigenvalue weighted by atomic mass is 16.6. The Balaban J connectivity index is 0. The van der Waals surface area contributed by atoms with Gasteiger partial charge in [-0.25, -0.2) is 10.3 Å². The van der Waals surface area contributed by atoms with Crippen LogP contribution in [0.15, 0.2) is 0 Å². The first-order valence-electron chi connectivity index (χ1n) is 2.62. The van der Waals surface area contributed by atoms with Gasteiger partial charge < -0.3 is 15.4 Å². The van der Waals surface area contributed by atoms with Crippen molar-refractivity contribution >= 4 is 6.16 Å². The highest BCUT2D eigenvalue weighted by Crippen LogP contribution is 1.93. The van der Waals surface area contributed by atoms with Gasteiger partial charge in [0.05, 0.1) is 0 Å². The van der Waals surface area contributed by atoms with E-state index in [0.29, 0.717) is 0 Å². The minimum atomic E-state index is -1.83. The second kappa shape index (κ2) is 5.01. The summed E-state index contributed by atoms with van der Waals surface area (Å²) >= 11 is 0. The van der Waals surface area contributed by atoms with Crippen molar-refractivity contribution in [1.82, 2.24) is 5.48 Å². The van der Waals surface area contributed by atoms with Crippen molar-refractivity contribution < 1.29 is 20.2 Å². The molecule has 5 heteroatoms. The van der Waals surface area contributed by atoms with Crippen molar-refractivity contribution in [3.05, 3.63) is 0 Å². The zero-order chi connectivity index (χ0) is 8.78. The lowest BCUT2D eigenvalue weighted by atomic mass is 10.1. The molecule has 4 N–H and O–H groups in total. The van der Waals surface area contributed by atoms with Gasteiger partial charge in [-0.15, -0.1) is 0 Å². The molecule has 0 saturated heterocycles. The largest absolute Gasteiger partial charge is 0.503 e. The van der Waals surface area contributed by atoms with Crippen LogP contribution in [0.25, 0.3) is 0 Å². The van der Waals surface area contributed by atoms with Crippen LogP contribution in [0.3, 0.4) is 0 Å². The number of hydrogen-bond donors (Lipinski definition) is 4. The van der Waals surface area contributed by atoms with Crippen LogP contribution in [0.4, 0.5) is 4.79 Å². The predicted octanol–water partition coefficient (Wildman–Crippen LogP) is 0.986. The van der Waals surface area contributed by atoms with Crippen molar-refractivity contribution in [3.63, 3.8) is 0 Å². The number of rotatable bonds is 0. The number of nitrogens with one attached hydrogen (secondary N) is 1. The van der Waals surface area contributed by atoms with E-state index in [9.17, 15) is 0 Å². The van der Waals surface area contributed by atoms with E-state index in [1.807, 2.05) is 20.8 Å². The molecule has 62 valence electrons. The van der Waals surface area contributed by atoms with Gasteiger partial charge in [0.1, 0.15) is 0 Å². The Hall–Kier alpha value is -0.810. The maximum absolute atomic E-state index is 8.56. The molecule has 0 aliphatic carbocycles. The summed E-state index contributed by atoms with van der Waals surface area (Å²) in [6.07, 6.45) is -1.83. The maximum atomic E-state index is 8.56. The van der Waals surface area contributed by atoms with Crippen molar-refractivity contribution in [2.75, 3.05) is 0 Å². The van der Waals surface area contributed by atoms with E-state index < -0.39 is 6.16 Å². The number of carbonyl (C=O) groups is 1. The Morgan fingerprint density at radius 1 is 1.30 bits per heavy atom. The highest BCUT2D eigenvalue weighted by Gasteiger charge is 2.03. The van der Waals surface area contributed by atoms with Gasteiger partial charge in [-0.3, -0.25) is 0 Å². The lowest BCUT2D eigenvalue weighted by Crippen LogP contribution is -2.32. The molecular formula is C5H13NO4. The Bertz CT molecular complexity index is 92.3. The van der Waals surface area contributed by atoms with E-state index in [4.69, 9.17) is 20.2 Å². The van der Waals surface area contributed by atoms with Crippen LogP contribution < -0.4 is 5.48 Å². The van der Waals surface area contributed by atoms with Gasteiger partial charge in [0, 0.05) is 5.54 Å². The summed E-state index contributed by atoms with van der Waals surface area (Å²) in [5.74, 6) is 0. The third kappa shape index (κ3) is 57.4. The Labute approximate surface area is 59.3 Å². The molecule has 0 saturated carbocycles. The average Bonchev–Trinajstić information content (AvgIpc) is 1.63. The van der Waals surface area contributed by atoms with Gasteiger partial charge in [0.2, 0.25) is 0 Å². The first-order chi connectivity index (χ1) is 4.29. The third-order valence-corrected chi connectivity index (χ3v) is 0.335. The zero-order valence-electron chi connectivity index (χ0n) is 6.25. The van der Waals surface area contributed by atoms with E-state index in [1.54, 1.807) is 0 Å². The molecule has 0 amide bonds. The van der Waals surface area contributed by atoms with Crippen molar-refractivity contribution in [3.8, 4) is 0 Å². The normalized spacial score (nSPS) is 9.60. The SMILES string of the molecule is CC(C)(C)NO.O=C(O)O. The zero-order valence-corrected chi connectivity index (χ0v) is 6.25. The van der Waals surface area contributed by atoms with E-state index in [-0.39, 0.29) is 5.54 Å². The third-order valence-electron chi connectivity index (χ3n) is 0.335. The second-order valence-corrected chi connectivity index (χ2v) is 2.64. The van der Waals surface area contributed by atoms with Crippen molar-refractivity contribution in [2.45, 2.75) is 26.3 Å². The lowest BCUT2D eigenvalue weighted by molar-refractivity contribution is 0.0918. The fraction of sp³-hybridized carbons (Fsp3) is 0.800. The van der Waals surface area contributed by atoms with Gasteiger partial charge in [-0.05, 0) is 20.8 Å². The van der Waals surface area contributed by atoms with Crippen LogP contribution in [0.5, 0.6) is 0 Å². The summed E-state index contributed by atoms with van der Waals surface area (Å²) in [7, 11) is 0. The Morgan fingerprint density at radius 3 is 1.40 bits per heavy atom. The topological polar surface area (TPSA) is 89.8 Å². The summed E-state index contributed by atoms with van der Waals surface area (Å²) < 4.78 is 0. The minimum Gasteiger partial charge on any atom is -0.450 e. The average molecular weight is 151 g/mol. The smallest absolute Gasteiger partial charge is 0.450 e. The van der Waals surface area contributed by atoms with E-state index >= 15 is 0 Å². The number of hydroxylamine groups is 1. The van der Waals surface area contributed by atoms with Gasteiger partial charge in [-0.1, -0.05) is 0 Å². The summed E-state index contributed by atoms with van der Waals surface area (Å²) in [5, 5.41) is 22.1. The quantitative estimate of drug-likeness (QED) is 0.387. The molecule has 0 spiro atoms. The van der Waals surface area contributed by atoms with Gasteiger partial charge in [0.15, 0.2) is 0 Å². The minimum absolute atomic E-state index is 0.153. The summed E-state index contributed by atoms with van der Waals surface area (Å²) in [6, 6.07) is 0. The molecule has 0 aliphatic rings.